The first-order chi connectivity index (χ1) is 19.0. The number of piperidine rings is 1. The summed E-state index contributed by atoms with van der Waals surface area (Å²) in [6.45, 7) is 2.99. The number of hydrogen-bond acceptors (Lipinski definition) is 9. The molecule has 1 amide bonds. The summed E-state index contributed by atoms with van der Waals surface area (Å²) in [6, 6.07) is 12.9. The number of benzene rings is 2. The normalized spacial score (nSPS) is 23.7. The van der Waals surface area contributed by atoms with Crippen LogP contribution in [0.15, 0.2) is 48.7 Å². The molecule has 0 saturated carbocycles. The number of pyridine rings is 1. The zero-order valence-corrected chi connectivity index (χ0v) is 21.9. The highest BCUT2D eigenvalue weighted by Gasteiger charge is 2.53. The van der Waals surface area contributed by atoms with Crippen molar-refractivity contribution in [1.29, 1.82) is 0 Å². The van der Waals surface area contributed by atoms with Crippen LogP contribution in [-0.4, -0.2) is 84.9 Å². The van der Waals surface area contributed by atoms with Crippen molar-refractivity contribution in [3.8, 4) is 17.2 Å². The van der Waals surface area contributed by atoms with E-state index in [1.165, 1.54) is 0 Å². The van der Waals surface area contributed by atoms with Crippen molar-refractivity contribution in [2.75, 3.05) is 58.0 Å². The Morgan fingerprint density at radius 1 is 1.15 bits per heavy atom. The average molecular weight is 536 g/mol. The lowest BCUT2D eigenvalue weighted by Crippen LogP contribution is -2.55. The van der Waals surface area contributed by atoms with Crippen molar-refractivity contribution in [3.05, 3.63) is 54.2 Å². The van der Waals surface area contributed by atoms with Crippen LogP contribution in [0.5, 0.6) is 17.2 Å². The largest absolute Gasteiger partial charge is 0.497 e. The molecule has 0 aliphatic carbocycles. The predicted octanol–water partition coefficient (Wildman–Crippen LogP) is 3.15. The molecule has 2 fully saturated rings. The fourth-order valence-corrected chi connectivity index (χ4v) is 6.04. The third-order valence-electron chi connectivity index (χ3n) is 8.10. The number of fused-ring (bicyclic) bond motifs is 2. The van der Waals surface area contributed by atoms with Crippen molar-refractivity contribution in [2.45, 2.75) is 24.5 Å². The second-order valence-electron chi connectivity index (χ2n) is 10.4. The number of rotatable bonds is 7. The van der Waals surface area contributed by atoms with Gasteiger partial charge in [-0.25, -0.2) is 4.79 Å². The number of hydrogen-bond donors (Lipinski definition) is 2. The molecule has 0 bridgehead atoms. The van der Waals surface area contributed by atoms with Crippen molar-refractivity contribution in [3.63, 3.8) is 0 Å². The van der Waals surface area contributed by atoms with Gasteiger partial charge in [-0.15, -0.1) is 0 Å². The highest BCUT2D eigenvalue weighted by molar-refractivity contribution is 5.91. The van der Waals surface area contributed by atoms with Crippen LogP contribution >= 0.6 is 0 Å². The van der Waals surface area contributed by atoms with Crippen LogP contribution in [-0.2, 0) is 4.74 Å². The maximum Gasteiger partial charge on any atom is 0.415 e. The lowest BCUT2D eigenvalue weighted by Gasteiger charge is -2.44. The molecule has 2 N–H and O–H groups in total. The minimum atomic E-state index is -0.744. The molecule has 6 rings (SSSR count). The molecule has 10 nitrogen and oxygen atoms in total. The van der Waals surface area contributed by atoms with Gasteiger partial charge in [-0.05, 0) is 48.4 Å². The summed E-state index contributed by atoms with van der Waals surface area (Å²) in [4.78, 5) is 21.3. The summed E-state index contributed by atoms with van der Waals surface area (Å²) >= 11 is 0. The van der Waals surface area contributed by atoms with Gasteiger partial charge in [0.05, 0.1) is 31.0 Å². The maximum atomic E-state index is 13.1. The van der Waals surface area contributed by atoms with E-state index in [4.69, 9.17) is 18.9 Å². The fraction of sp³-hybridized carbons (Fsp3) is 0.448. The molecule has 2 saturated heterocycles. The van der Waals surface area contributed by atoms with E-state index in [9.17, 15) is 15.0 Å². The maximum absolute atomic E-state index is 13.1. The second-order valence-corrected chi connectivity index (χ2v) is 10.4. The summed E-state index contributed by atoms with van der Waals surface area (Å²) in [7, 11) is 1.61. The Labute approximate surface area is 226 Å². The number of aliphatic hydroxyl groups is 2. The van der Waals surface area contributed by atoms with E-state index in [0.29, 0.717) is 75.2 Å². The zero-order chi connectivity index (χ0) is 27.0. The quantitative estimate of drug-likeness (QED) is 0.471. The highest BCUT2D eigenvalue weighted by atomic mass is 16.6. The molecule has 4 heterocycles. The number of β-amino-alcohol motifs (C(OH)–C–C–N with tert-alkyl or cyclic N) is 1. The van der Waals surface area contributed by atoms with E-state index in [0.717, 1.165) is 16.5 Å². The van der Waals surface area contributed by atoms with E-state index in [1.807, 2.05) is 42.5 Å². The van der Waals surface area contributed by atoms with E-state index in [1.54, 1.807) is 18.2 Å². The van der Waals surface area contributed by atoms with E-state index < -0.39 is 17.8 Å². The zero-order valence-electron chi connectivity index (χ0n) is 21.9. The Balaban J connectivity index is 1.18. The van der Waals surface area contributed by atoms with Gasteiger partial charge in [0, 0.05) is 56.2 Å². The van der Waals surface area contributed by atoms with Crippen LogP contribution in [0, 0.1) is 5.92 Å². The number of methoxy groups -OCH3 is 1. The molecule has 39 heavy (non-hydrogen) atoms. The lowest BCUT2D eigenvalue weighted by molar-refractivity contribution is -0.0622. The molecule has 0 radical (unpaired) electrons. The average Bonchev–Trinajstić information content (AvgIpc) is 3.30. The molecule has 2 aromatic carbocycles. The molecule has 1 aromatic heterocycles. The standard InChI is InChI=1S/C29H33N3O7/c1-36-21-3-4-24-23(15-21)22(6-9-30-24)25(34)17-31-10-8-29(19(16-31)7-11-33)18-32(28(35)39-29)20-2-5-26-27(14-20)38-13-12-37-26/h2-6,9,14-15,19,25,33-34H,7-8,10-13,16-18H2,1H3/t19-,25+,29-/m0/s1. The Hall–Kier alpha value is -3.60. The highest BCUT2D eigenvalue weighted by Crippen LogP contribution is 2.43. The van der Waals surface area contributed by atoms with Crippen LogP contribution in [0.1, 0.15) is 24.5 Å². The third-order valence-corrected chi connectivity index (χ3v) is 8.10. The minimum Gasteiger partial charge on any atom is -0.497 e. The molecular weight excluding hydrogens is 502 g/mol. The number of anilines is 1. The monoisotopic (exact) mass is 535 g/mol. The third kappa shape index (κ3) is 4.84. The van der Waals surface area contributed by atoms with Gasteiger partial charge >= 0.3 is 6.09 Å². The molecule has 3 atom stereocenters. The predicted molar refractivity (Wildman–Crippen MR) is 143 cm³/mol. The summed E-state index contributed by atoms with van der Waals surface area (Å²) in [5.41, 5.74) is 1.56. The van der Waals surface area contributed by atoms with Crippen molar-refractivity contribution >= 4 is 22.7 Å². The molecular formula is C29H33N3O7. The molecule has 206 valence electrons. The van der Waals surface area contributed by atoms with Gasteiger partial charge < -0.3 is 29.2 Å². The van der Waals surface area contributed by atoms with Gasteiger partial charge in [-0.3, -0.25) is 14.8 Å². The summed E-state index contributed by atoms with van der Waals surface area (Å²) in [5.74, 6) is 1.89. The molecule has 1 spiro atoms. The lowest BCUT2D eigenvalue weighted by atomic mass is 9.78. The van der Waals surface area contributed by atoms with Crippen molar-refractivity contribution in [1.82, 2.24) is 9.88 Å². The van der Waals surface area contributed by atoms with Gasteiger partial charge in [-0.2, -0.15) is 0 Å². The molecule has 3 aliphatic rings. The van der Waals surface area contributed by atoms with Crippen LogP contribution in [0.25, 0.3) is 10.9 Å². The number of ether oxygens (including phenoxy) is 4. The van der Waals surface area contributed by atoms with Crippen LogP contribution in [0.3, 0.4) is 0 Å². The molecule has 0 unspecified atom stereocenters. The van der Waals surface area contributed by atoms with Crippen molar-refractivity contribution in [2.24, 2.45) is 5.92 Å². The minimum absolute atomic E-state index is 0.0147. The number of carbonyl (C=O) groups is 1. The smallest absolute Gasteiger partial charge is 0.415 e. The van der Waals surface area contributed by atoms with Crippen LogP contribution < -0.4 is 19.1 Å². The van der Waals surface area contributed by atoms with Gasteiger partial charge in [0.25, 0.3) is 0 Å². The van der Waals surface area contributed by atoms with Gasteiger partial charge in [0.2, 0.25) is 0 Å². The number of nitrogens with zero attached hydrogens (tertiary/aromatic N) is 3. The summed E-state index contributed by atoms with van der Waals surface area (Å²) in [6.07, 6.45) is 1.65. The molecule has 10 heteroatoms. The number of carbonyl (C=O) groups excluding carboxylic acids is 1. The number of aromatic nitrogens is 1. The number of likely N-dealkylation sites (tertiary alicyclic amines) is 1. The molecule has 3 aliphatic heterocycles. The topological polar surface area (TPSA) is 114 Å². The number of amides is 1. The van der Waals surface area contributed by atoms with E-state index >= 15 is 0 Å². The Morgan fingerprint density at radius 3 is 2.82 bits per heavy atom. The Morgan fingerprint density at radius 2 is 2.00 bits per heavy atom. The first-order valence-electron chi connectivity index (χ1n) is 13.3. The summed E-state index contributed by atoms with van der Waals surface area (Å²) in [5, 5.41) is 22.0. The number of aliphatic hydroxyl groups excluding tert-OH is 2. The SMILES string of the molecule is COc1ccc2nccc([C@H](O)CN3CC[C@]4(CN(c5ccc6c(c5)OCCO6)C(=O)O4)[C@@H](CCO)C3)c2c1. The van der Waals surface area contributed by atoms with Gasteiger partial charge in [0.1, 0.15) is 24.6 Å². The van der Waals surface area contributed by atoms with Gasteiger partial charge in [-0.1, -0.05) is 0 Å². The summed E-state index contributed by atoms with van der Waals surface area (Å²) < 4.78 is 22.8. The Kier molecular flexibility index (Phi) is 6.92. The Bertz CT molecular complexity index is 1370. The fourth-order valence-electron chi connectivity index (χ4n) is 6.04. The van der Waals surface area contributed by atoms with E-state index in [-0.39, 0.29) is 12.5 Å². The van der Waals surface area contributed by atoms with Crippen LogP contribution in [0.4, 0.5) is 10.5 Å². The molecule has 3 aromatic rings. The van der Waals surface area contributed by atoms with Crippen LogP contribution in [0.2, 0.25) is 0 Å². The van der Waals surface area contributed by atoms with Gasteiger partial charge in [0.15, 0.2) is 11.5 Å². The first kappa shape index (κ1) is 25.7. The second kappa shape index (κ2) is 10.5. The van der Waals surface area contributed by atoms with E-state index in [2.05, 4.69) is 9.88 Å². The van der Waals surface area contributed by atoms with Crippen molar-refractivity contribution < 1.29 is 34.0 Å². The first-order valence-corrected chi connectivity index (χ1v) is 13.3.